The smallest absolute Gasteiger partial charge is 0.308 e. The van der Waals surface area contributed by atoms with E-state index < -0.39 is 51.7 Å². The van der Waals surface area contributed by atoms with Crippen molar-refractivity contribution < 1.29 is 43.2 Å². The fourth-order valence-corrected chi connectivity index (χ4v) is 8.98. The van der Waals surface area contributed by atoms with Gasteiger partial charge in [-0.1, -0.05) is 6.92 Å². The molecule has 0 amide bonds. The number of furan rings is 1. The fraction of sp³-hybridized carbons (Fsp3) is 0.731. The number of carboxylic acid groups (broad SMARTS) is 1. The molecule has 1 aromatic heterocycles. The number of carboxylic acids is 1. The topological polar surface area (TPSA) is 139 Å². The van der Waals surface area contributed by atoms with Gasteiger partial charge in [-0.25, -0.2) is 0 Å². The molecule has 3 saturated heterocycles. The third-order valence-electron chi connectivity index (χ3n) is 10.5. The van der Waals surface area contributed by atoms with Crippen molar-refractivity contribution >= 4 is 17.7 Å². The lowest BCUT2D eigenvalue weighted by Gasteiger charge is -2.64. The number of aliphatic hydroxyl groups is 1. The van der Waals surface area contributed by atoms with Crippen molar-refractivity contribution in [3.05, 3.63) is 24.2 Å². The van der Waals surface area contributed by atoms with E-state index in [1.807, 2.05) is 13.8 Å². The summed E-state index contributed by atoms with van der Waals surface area (Å²) >= 11 is 0. The summed E-state index contributed by atoms with van der Waals surface area (Å²) in [6, 6.07) is 1.63. The second-order valence-electron chi connectivity index (χ2n) is 12.1. The van der Waals surface area contributed by atoms with E-state index in [9.17, 15) is 24.6 Å². The van der Waals surface area contributed by atoms with Gasteiger partial charge in [0.15, 0.2) is 0 Å². The maximum absolute atomic E-state index is 14.2. The molecule has 0 aromatic carbocycles. The monoisotopic (exact) mass is 487 g/mol. The van der Waals surface area contributed by atoms with E-state index in [1.54, 1.807) is 19.9 Å². The van der Waals surface area contributed by atoms with Crippen LogP contribution in [0.1, 0.15) is 65.0 Å². The van der Waals surface area contributed by atoms with Crippen LogP contribution >= 0.6 is 0 Å². The SMILES string of the molecule is CC1(C)O[C@H]2CC(=O)OC[C@]23[C@H]2CC[C@@](C)([C@@H](O)c4ccoc4)C4(OC4C(=O)[O-])[C@]2(C)C(=O)C[C@@H]13. The molecular weight excluding hydrogens is 456 g/mol. The number of fused-ring (bicyclic) bond motifs is 2. The minimum Gasteiger partial charge on any atom is -0.547 e. The van der Waals surface area contributed by atoms with Crippen LogP contribution in [0.2, 0.25) is 0 Å². The maximum Gasteiger partial charge on any atom is 0.308 e. The molecule has 1 N–H and O–H groups in total. The average molecular weight is 488 g/mol. The van der Waals surface area contributed by atoms with Crippen molar-refractivity contribution in [2.45, 2.75) is 82.9 Å². The Hall–Kier alpha value is -2.23. The highest BCUT2D eigenvalue weighted by molar-refractivity contribution is 5.92. The molecular formula is C26H31O9-. The summed E-state index contributed by atoms with van der Waals surface area (Å²) in [6.07, 6.45) is 1.11. The number of ketones is 1. The Bertz CT molecular complexity index is 1110. The molecule has 2 saturated carbocycles. The number of ether oxygens (including phenoxy) is 3. The normalized spacial score (nSPS) is 48.5. The summed E-state index contributed by atoms with van der Waals surface area (Å²) in [4.78, 5) is 38.7. The van der Waals surface area contributed by atoms with Gasteiger partial charge in [0.1, 0.15) is 24.1 Å². The summed E-state index contributed by atoms with van der Waals surface area (Å²) in [5.74, 6) is -2.41. The van der Waals surface area contributed by atoms with Crippen LogP contribution in [0.25, 0.3) is 0 Å². The quantitative estimate of drug-likeness (QED) is 0.494. The van der Waals surface area contributed by atoms with Gasteiger partial charge in [-0.05, 0) is 45.6 Å². The molecule has 35 heavy (non-hydrogen) atoms. The van der Waals surface area contributed by atoms with Gasteiger partial charge in [-0.15, -0.1) is 0 Å². The first-order chi connectivity index (χ1) is 16.4. The first kappa shape index (κ1) is 23.2. The van der Waals surface area contributed by atoms with Crippen LogP contribution in [0.4, 0.5) is 0 Å². The van der Waals surface area contributed by atoms with Crippen LogP contribution in [0.5, 0.6) is 0 Å². The van der Waals surface area contributed by atoms with Gasteiger partial charge in [0, 0.05) is 28.7 Å². The molecule has 2 aliphatic carbocycles. The Labute approximate surface area is 203 Å². The van der Waals surface area contributed by atoms with Crippen LogP contribution in [0.15, 0.2) is 23.0 Å². The lowest BCUT2D eigenvalue weighted by molar-refractivity contribution is -0.307. The molecule has 9 heteroatoms. The van der Waals surface area contributed by atoms with Crippen LogP contribution in [0, 0.1) is 28.1 Å². The molecule has 2 unspecified atom stereocenters. The van der Waals surface area contributed by atoms with Crippen molar-refractivity contribution in [2.75, 3.05) is 6.61 Å². The number of aliphatic hydroxyl groups excluding tert-OH is 1. The summed E-state index contributed by atoms with van der Waals surface area (Å²) in [5.41, 5.74) is -4.68. The minimum atomic E-state index is -1.49. The van der Waals surface area contributed by atoms with E-state index in [1.165, 1.54) is 12.5 Å². The van der Waals surface area contributed by atoms with Crippen LogP contribution in [-0.4, -0.2) is 52.8 Å². The number of Topliss-reactive ketones (excluding diaryl/α,β-unsaturated/α-hetero) is 1. The van der Waals surface area contributed by atoms with E-state index in [-0.39, 0.29) is 43.0 Å². The van der Waals surface area contributed by atoms with Gasteiger partial charge in [0.05, 0.1) is 48.1 Å². The zero-order chi connectivity index (χ0) is 25.2. The number of hydrogen-bond donors (Lipinski definition) is 1. The van der Waals surface area contributed by atoms with E-state index in [4.69, 9.17) is 18.6 Å². The number of cyclic esters (lactones) is 1. The number of esters is 1. The van der Waals surface area contributed by atoms with Gasteiger partial charge < -0.3 is 33.6 Å². The Morgan fingerprint density at radius 2 is 1.89 bits per heavy atom. The van der Waals surface area contributed by atoms with Crippen molar-refractivity contribution in [1.29, 1.82) is 0 Å². The molecule has 5 fully saturated rings. The molecule has 9 atom stereocenters. The molecule has 0 radical (unpaired) electrons. The van der Waals surface area contributed by atoms with Gasteiger partial charge in [0.2, 0.25) is 0 Å². The number of aliphatic carboxylic acids is 1. The van der Waals surface area contributed by atoms with Crippen molar-refractivity contribution in [3.8, 4) is 0 Å². The molecule has 6 rings (SSSR count). The van der Waals surface area contributed by atoms with Gasteiger partial charge in [-0.2, -0.15) is 0 Å². The summed E-state index contributed by atoms with van der Waals surface area (Å²) in [7, 11) is 0. The minimum absolute atomic E-state index is 0.0907. The first-order valence-electron chi connectivity index (χ1n) is 12.3. The third-order valence-corrected chi connectivity index (χ3v) is 10.5. The van der Waals surface area contributed by atoms with Crippen LogP contribution < -0.4 is 5.11 Å². The zero-order valence-electron chi connectivity index (χ0n) is 20.4. The predicted molar refractivity (Wildman–Crippen MR) is 115 cm³/mol. The summed E-state index contributed by atoms with van der Waals surface area (Å²) < 4.78 is 23.3. The number of epoxide rings is 1. The third kappa shape index (κ3) is 2.47. The predicted octanol–water partition coefficient (Wildman–Crippen LogP) is 1.32. The van der Waals surface area contributed by atoms with Crippen molar-refractivity contribution in [2.24, 2.45) is 28.1 Å². The van der Waals surface area contributed by atoms with Crippen LogP contribution in [-0.2, 0) is 28.6 Å². The van der Waals surface area contributed by atoms with Crippen LogP contribution in [0.3, 0.4) is 0 Å². The first-order valence-corrected chi connectivity index (χ1v) is 12.3. The molecule has 4 heterocycles. The van der Waals surface area contributed by atoms with E-state index >= 15 is 0 Å². The van der Waals surface area contributed by atoms with E-state index in [0.717, 1.165) is 0 Å². The Kier molecular flexibility index (Phi) is 4.47. The molecule has 0 bridgehead atoms. The maximum atomic E-state index is 14.2. The molecule has 9 nitrogen and oxygen atoms in total. The number of rotatable bonds is 3. The zero-order valence-corrected chi connectivity index (χ0v) is 20.4. The standard InChI is InChI=1S/C26H32O9/c1-22(2)15-9-16(27)24(4)14(25(15)12-33-18(28)10-17(25)34-22)5-7-23(3,19(29)13-6-8-32-11-13)26(24)20(35-26)21(30)31/h6,8,11,14-15,17,19-20,29H,5,7,9-10,12H2,1-4H3,(H,30,31)/p-1/t14-,15-,17-,19-,20?,23-,24-,25+,26?/m0/s1. The van der Waals surface area contributed by atoms with Gasteiger partial charge in [-0.3, -0.25) is 9.59 Å². The molecule has 5 aliphatic rings. The van der Waals surface area contributed by atoms with Gasteiger partial charge in [0.25, 0.3) is 0 Å². The number of hydrogen-bond acceptors (Lipinski definition) is 9. The summed E-state index contributed by atoms with van der Waals surface area (Å²) in [5, 5.41) is 23.8. The number of carbonyl (C=O) groups is 3. The highest BCUT2D eigenvalue weighted by Crippen LogP contribution is 2.78. The molecule has 190 valence electrons. The second kappa shape index (κ2) is 6.75. The van der Waals surface area contributed by atoms with E-state index in [0.29, 0.717) is 18.4 Å². The van der Waals surface area contributed by atoms with Gasteiger partial charge >= 0.3 is 5.97 Å². The fourth-order valence-electron chi connectivity index (χ4n) is 8.98. The molecule has 2 spiro atoms. The lowest BCUT2D eigenvalue weighted by Crippen LogP contribution is -2.72. The Morgan fingerprint density at radius 1 is 1.14 bits per heavy atom. The van der Waals surface area contributed by atoms with Crippen molar-refractivity contribution in [3.63, 3.8) is 0 Å². The molecule has 1 aromatic rings. The second-order valence-corrected chi connectivity index (χ2v) is 12.1. The Balaban J connectivity index is 1.53. The Morgan fingerprint density at radius 3 is 2.51 bits per heavy atom. The highest BCUT2D eigenvalue weighted by Gasteiger charge is 2.86. The van der Waals surface area contributed by atoms with Crippen molar-refractivity contribution in [1.82, 2.24) is 0 Å². The highest BCUT2D eigenvalue weighted by atomic mass is 16.6. The summed E-state index contributed by atoms with van der Waals surface area (Å²) in [6.45, 7) is 7.58. The van der Waals surface area contributed by atoms with E-state index in [2.05, 4.69) is 0 Å². The largest absolute Gasteiger partial charge is 0.547 e. The lowest BCUT2D eigenvalue weighted by atomic mass is 9.37. The average Bonchev–Trinajstić information content (AvgIpc) is 3.25. The number of carbonyl (C=O) groups excluding carboxylic acids is 3. The molecule has 3 aliphatic heterocycles.